The molecule has 2 heteroatoms. The lowest BCUT2D eigenvalue weighted by atomic mass is 9.72. The molecule has 1 atom stereocenters. The van der Waals surface area contributed by atoms with Crippen molar-refractivity contribution >= 4 is 0 Å². The van der Waals surface area contributed by atoms with Crippen LogP contribution in [-0.4, -0.2) is 4.57 Å². The summed E-state index contributed by atoms with van der Waals surface area (Å²) >= 11 is 0. The second-order valence-corrected chi connectivity index (χ2v) is 10.8. The van der Waals surface area contributed by atoms with Crippen LogP contribution in [0.3, 0.4) is 0 Å². The maximum Gasteiger partial charge on any atom is 0.266 e. The molecule has 0 N–H and O–H groups in total. The van der Waals surface area contributed by atoms with E-state index in [0.29, 0.717) is 5.92 Å². The van der Waals surface area contributed by atoms with Crippen molar-refractivity contribution < 1.29 is 4.57 Å². The van der Waals surface area contributed by atoms with E-state index in [1.165, 1.54) is 86.0 Å². The van der Waals surface area contributed by atoms with E-state index < -0.39 is 0 Å². The summed E-state index contributed by atoms with van der Waals surface area (Å²) in [6, 6.07) is 18.3. The van der Waals surface area contributed by atoms with Crippen LogP contribution in [0.5, 0.6) is 0 Å². The number of aromatic nitrogens is 2. The first-order chi connectivity index (χ1) is 15.6. The van der Waals surface area contributed by atoms with Gasteiger partial charge in [-0.3, -0.25) is 0 Å². The quantitative estimate of drug-likeness (QED) is 0.388. The minimum absolute atomic E-state index is 0.0585. The van der Waals surface area contributed by atoms with Gasteiger partial charge in [-0.05, 0) is 51.2 Å². The van der Waals surface area contributed by atoms with Crippen LogP contribution in [0.4, 0.5) is 0 Å². The van der Waals surface area contributed by atoms with Gasteiger partial charge in [-0.15, -0.1) is 0 Å². The van der Waals surface area contributed by atoms with Gasteiger partial charge in [-0.1, -0.05) is 74.6 Å². The lowest BCUT2D eigenvalue weighted by molar-refractivity contribution is -0.751. The van der Waals surface area contributed by atoms with Gasteiger partial charge in [0.15, 0.2) is 11.4 Å². The van der Waals surface area contributed by atoms with Gasteiger partial charge >= 0.3 is 0 Å². The van der Waals surface area contributed by atoms with Gasteiger partial charge in [0.05, 0.1) is 5.92 Å². The number of hydrogen-bond acceptors (Lipinski definition) is 0. The number of nitrogens with zero attached hydrogens (tertiary/aromatic N) is 2. The zero-order valence-electron chi connectivity index (χ0n) is 20.0. The van der Waals surface area contributed by atoms with Crippen LogP contribution >= 0.6 is 0 Å². The van der Waals surface area contributed by atoms with Crippen LogP contribution in [0, 0.1) is 19.8 Å². The van der Waals surface area contributed by atoms with E-state index in [1.54, 1.807) is 11.4 Å². The third kappa shape index (κ3) is 2.74. The van der Waals surface area contributed by atoms with E-state index in [4.69, 9.17) is 0 Å². The normalized spacial score (nSPS) is 23.5. The molecule has 2 nitrogen and oxygen atoms in total. The van der Waals surface area contributed by atoms with Crippen LogP contribution < -0.4 is 4.57 Å². The Kier molecular flexibility index (Phi) is 4.82. The van der Waals surface area contributed by atoms with E-state index in [9.17, 15) is 0 Å². The molecule has 1 aliphatic heterocycles. The summed E-state index contributed by atoms with van der Waals surface area (Å²) in [7, 11) is 0. The summed E-state index contributed by atoms with van der Waals surface area (Å²) in [6.07, 6.45) is 12.3. The molecule has 2 heterocycles. The van der Waals surface area contributed by atoms with E-state index in [-0.39, 0.29) is 5.54 Å². The van der Waals surface area contributed by atoms with Crippen molar-refractivity contribution in [1.29, 1.82) is 0 Å². The molecule has 2 saturated carbocycles. The van der Waals surface area contributed by atoms with Crippen molar-refractivity contribution in [1.82, 2.24) is 4.57 Å². The Labute approximate surface area is 193 Å². The molecule has 166 valence electrons. The molecule has 6 rings (SSSR count). The fourth-order valence-corrected chi connectivity index (χ4v) is 7.43. The SMILES string of the molecule is Cc1ccccc1-n1c(C)c2[n+](c1C1CCCC1)C(C)(C1CCCCC1)c1ccccc1-2. The number of hydrogen-bond donors (Lipinski definition) is 0. The molecule has 32 heavy (non-hydrogen) atoms. The van der Waals surface area contributed by atoms with Crippen LogP contribution in [-0.2, 0) is 5.54 Å². The van der Waals surface area contributed by atoms with Crippen molar-refractivity contribution in [3.05, 3.63) is 71.2 Å². The fourth-order valence-electron chi connectivity index (χ4n) is 7.43. The molecule has 0 saturated heterocycles. The molecule has 1 unspecified atom stereocenters. The highest BCUT2D eigenvalue weighted by Crippen LogP contribution is 2.50. The standard InChI is InChI=1S/C30H37N2/c1-21-13-7-12-20-27(21)31-22(2)28-25-18-10-11-19-26(25)30(3,24-16-5-4-6-17-24)32(28)29(31)23-14-8-9-15-23/h7,10-13,18-20,23-24H,4-6,8-9,14-17H2,1-3H3/q+1. The van der Waals surface area contributed by atoms with Crippen molar-refractivity contribution in [3.8, 4) is 16.9 Å². The zero-order valence-corrected chi connectivity index (χ0v) is 20.0. The van der Waals surface area contributed by atoms with E-state index in [1.807, 2.05) is 0 Å². The van der Waals surface area contributed by atoms with Crippen LogP contribution in [0.25, 0.3) is 16.9 Å². The van der Waals surface area contributed by atoms with Crippen LogP contribution in [0.1, 0.15) is 93.3 Å². The third-order valence-electron chi connectivity index (χ3n) is 9.03. The molecule has 0 amide bonds. The molecule has 1 aromatic heterocycles. The number of aryl methyl sites for hydroxylation is 1. The first-order valence-electron chi connectivity index (χ1n) is 13.0. The van der Waals surface area contributed by atoms with Crippen molar-refractivity contribution in [2.24, 2.45) is 5.92 Å². The van der Waals surface area contributed by atoms with Crippen molar-refractivity contribution in [3.63, 3.8) is 0 Å². The maximum atomic E-state index is 2.87. The monoisotopic (exact) mass is 425 g/mol. The first kappa shape index (κ1) is 20.3. The topological polar surface area (TPSA) is 8.81 Å². The molecule has 2 fully saturated rings. The van der Waals surface area contributed by atoms with Gasteiger partial charge in [-0.25, -0.2) is 4.57 Å². The Hall–Kier alpha value is -2.35. The highest BCUT2D eigenvalue weighted by Gasteiger charge is 2.55. The Balaban J connectivity index is 1.69. The number of para-hydroxylation sites is 1. The average Bonchev–Trinajstić information content (AvgIpc) is 3.52. The van der Waals surface area contributed by atoms with Crippen molar-refractivity contribution in [2.75, 3.05) is 0 Å². The van der Waals surface area contributed by atoms with Gasteiger partial charge < -0.3 is 0 Å². The zero-order chi connectivity index (χ0) is 21.9. The van der Waals surface area contributed by atoms with Gasteiger partial charge in [-0.2, -0.15) is 4.57 Å². The molecular weight excluding hydrogens is 388 g/mol. The summed E-state index contributed by atoms with van der Waals surface area (Å²) in [5, 5.41) is 0. The molecule has 0 radical (unpaired) electrons. The third-order valence-corrected chi connectivity index (χ3v) is 9.03. The average molecular weight is 426 g/mol. The predicted octanol–water partition coefficient (Wildman–Crippen LogP) is 7.36. The minimum Gasteiger partial charge on any atom is -0.217 e. The molecule has 2 aliphatic carbocycles. The highest BCUT2D eigenvalue weighted by atomic mass is 15.2. The molecule has 3 aliphatic rings. The van der Waals surface area contributed by atoms with Crippen LogP contribution in [0.15, 0.2) is 48.5 Å². The molecule has 0 spiro atoms. The summed E-state index contributed by atoms with van der Waals surface area (Å²) < 4.78 is 5.53. The molecule has 3 aromatic rings. The van der Waals surface area contributed by atoms with Gasteiger partial charge in [0, 0.05) is 24.0 Å². The first-order valence-corrected chi connectivity index (χ1v) is 13.0. The summed E-state index contributed by atoms with van der Waals surface area (Å²) in [4.78, 5) is 0. The number of imidazole rings is 1. The maximum absolute atomic E-state index is 2.87. The minimum atomic E-state index is 0.0585. The number of rotatable bonds is 3. The largest absolute Gasteiger partial charge is 0.266 e. The Bertz CT molecular complexity index is 1160. The van der Waals surface area contributed by atoms with E-state index in [2.05, 4.69) is 78.4 Å². The lowest BCUT2D eigenvalue weighted by Crippen LogP contribution is -2.59. The second kappa shape index (κ2) is 7.61. The number of benzene rings is 2. The van der Waals surface area contributed by atoms with E-state index in [0.717, 1.165) is 5.92 Å². The van der Waals surface area contributed by atoms with Gasteiger partial charge in [0.2, 0.25) is 0 Å². The molecular formula is C30H37N2+. The highest BCUT2D eigenvalue weighted by molar-refractivity contribution is 5.69. The summed E-state index contributed by atoms with van der Waals surface area (Å²) in [5.41, 5.74) is 8.76. The summed E-state index contributed by atoms with van der Waals surface area (Å²) in [6.45, 7) is 7.23. The second-order valence-electron chi connectivity index (χ2n) is 10.8. The predicted molar refractivity (Wildman–Crippen MR) is 131 cm³/mol. The molecule has 0 bridgehead atoms. The Morgan fingerprint density at radius 3 is 2.22 bits per heavy atom. The van der Waals surface area contributed by atoms with E-state index >= 15 is 0 Å². The fraction of sp³-hybridized carbons (Fsp3) is 0.500. The van der Waals surface area contributed by atoms with Crippen LogP contribution in [0.2, 0.25) is 0 Å². The summed E-state index contributed by atoms with van der Waals surface area (Å²) in [5.74, 6) is 2.95. The number of fused-ring (bicyclic) bond motifs is 3. The van der Waals surface area contributed by atoms with Gasteiger partial charge in [0.25, 0.3) is 5.82 Å². The Morgan fingerprint density at radius 2 is 1.47 bits per heavy atom. The lowest BCUT2D eigenvalue weighted by Gasteiger charge is -2.37. The van der Waals surface area contributed by atoms with Crippen molar-refractivity contribution in [2.45, 2.75) is 90.0 Å². The van der Waals surface area contributed by atoms with Gasteiger partial charge in [0.1, 0.15) is 11.2 Å². The Morgan fingerprint density at radius 1 is 0.812 bits per heavy atom. The smallest absolute Gasteiger partial charge is 0.217 e. The molecule has 2 aromatic carbocycles.